The van der Waals surface area contributed by atoms with E-state index in [2.05, 4.69) is 4.98 Å². The monoisotopic (exact) mass is 396 g/mol. The summed E-state index contributed by atoms with van der Waals surface area (Å²) in [6.07, 6.45) is 1.50. The van der Waals surface area contributed by atoms with E-state index in [-0.39, 0.29) is 17.7 Å². The summed E-state index contributed by atoms with van der Waals surface area (Å²) in [5.41, 5.74) is 2.47. The molecule has 2 aromatic heterocycles. The Hall–Kier alpha value is -2.96. The number of hydrogen-bond donors (Lipinski definition) is 1. The SMILES string of the molecule is O=C(O)c1cccc(Cn2cnc3scc(-c4ccc(Cl)cc4)c3c2=O)c1. The number of aromatic carboxylic acids is 1. The molecule has 2 heterocycles. The zero-order valence-corrected chi connectivity index (χ0v) is 15.5. The van der Waals surface area contributed by atoms with Gasteiger partial charge in [0.2, 0.25) is 0 Å². The Morgan fingerprint density at radius 3 is 2.70 bits per heavy atom. The van der Waals surface area contributed by atoms with Crippen LogP contribution < -0.4 is 5.56 Å². The van der Waals surface area contributed by atoms with Crippen molar-refractivity contribution in [2.45, 2.75) is 6.54 Å². The Balaban J connectivity index is 1.79. The quantitative estimate of drug-likeness (QED) is 0.550. The first-order valence-corrected chi connectivity index (χ1v) is 9.33. The fraction of sp³-hybridized carbons (Fsp3) is 0.0500. The summed E-state index contributed by atoms with van der Waals surface area (Å²) >= 11 is 7.37. The Bertz CT molecular complexity index is 1210. The van der Waals surface area contributed by atoms with E-state index < -0.39 is 5.97 Å². The van der Waals surface area contributed by atoms with Gasteiger partial charge in [0.1, 0.15) is 4.83 Å². The minimum Gasteiger partial charge on any atom is -0.478 e. The Morgan fingerprint density at radius 2 is 1.96 bits per heavy atom. The first-order chi connectivity index (χ1) is 13.0. The number of carboxylic acids is 1. The Morgan fingerprint density at radius 1 is 1.19 bits per heavy atom. The van der Waals surface area contributed by atoms with Gasteiger partial charge < -0.3 is 5.11 Å². The van der Waals surface area contributed by atoms with Crippen molar-refractivity contribution in [1.82, 2.24) is 9.55 Å². The minimum absolute atomic E-state index is 0.160. The molecule has 0 saturated heterocycles. The molecular formula is C20H13ClN2O3S. The van der Waals surface area contributed by atoms with Gasteiger partial charge in [-0.1, -0.05) is 35.9 Å². The molecule has 1 N–H and O–H groups in total. The van der Waals surface area contributed by atoms with Crippen molar-refractivity contribution in [3.8, 4) is 11.1 Å². The minimum atomic E-state index is -0.999. The van der Waals surface area contributed by atoms with E-state index in [1.165, 1.54) is 28.3 Å². The number of thiophene rings is 1. The number of rotatable bonds is 4. The summed E-state index contributed by atoms with van der Waals surface area (Å²) in [7, 11) is 0. The highest BCUT2D eigenvalue weighted by atomic mass is 35.5. The second-order valence-corrected chi connectivity index (χ2v) is 7.31. The number of hydrogen-bond acceptors (Lipinski definition) is 4. The summed E-state index contributed by atoms with van der Waals surface area (Å²) < 4.78 is 1.50. The average molecular weight is 397 g/mol. The van der Waals surface area contributed by atoms with Crippen LogP contribution in [0, 0.1) is 0 Å². The van der Waals surface area contributed by atoms with Gasteiger partial charge >= 0.3 is 5.97 Å². The fourth-order valence-electron chi connectivity index (χ4n) is 2.92. The zero-order chi connectivity index (χ0) is 19.0. The summed E-state index contributed by atoms with van der Waals surface area (Å²) in [5, 5.41) is 12.2. The van der Waals surface area contributed by atoms with E-state index in [4.69, 9.17) is 16.7 Å². The van der Waals surface area contributed by atoms with Gasteiger partial charge in [0.25, 0.3) is 5.56 Å². The van der Waals surface area contributed by atoms with Gasteiger partial charge in [0, 0.05) is 16.0 Å². The van der Waals surface area contributed by atoms with Crippen molar-refractivity contribution in [3.63, 3.8) is 0 Å². The summed E-state index contributed by atoms with van der Waals surface area (Å²) in [5.74, 6) is -0.999. The molecule has 0 aliphatic heterocycles. The highest BCUT2D eigenvalue weighted by Gasteiger charge is 2.14. The number of carbonyl (C=O) groups is 1. The van der Waals surface area contributed by atoms with Crippen LogP contribution in [0.2, 0.25) is 5.02 Å². The molecular weight excluding hydrogens is 384 g/mol. The number of fused-ring (bicyclic) bond motifs is 1. The van der Waals surface area contributed by atoms with Crippen molar-refractivity contribution in [1.29, 1.82) is 0 Å². The van der Waals surface area contributed by atoms with Crippen molar-refractivity contribution < 1.29 is 9.90 Å². The maximum absolute atomic E-state index is 13.1. The molecule has 0 radical (unpaired) electrons. The molecule has 4 rings (SSSR count). The van der Waals surface area contributed by atoms with Crippen LogP contribution in [0.5, 0.6) is 0 Å². The van der Waals surface area contributed by atoms with Gasteiger partial charge in [-0.2, -0.15) is 0 Å². The van der Waals surface area contributed by atoms with E-state index in [1.807, 2.05) is 17.5 Å². The second-order valence-electron chi connectivity index (χ2n) is 6.02. The first-order valence-electron chi connectivity index (χ1n) is 8.08. The maximum Gasteiger partial charge on any atom is 0.335 e. The largest absolute Gasteiger partial charge is 0.478 e. The van der Waals surface area contributed by atoms with Crippen molar-refractivity contribution in [2.75, 3.05) is 0 Å². The van der Waals surface area contributed by atoms with Crippen LogP contribution in [0.25, 0.3) is 21.3 Å². The third kappa shape index (κ3) is 3.37. The van der Waals surface area contributed by atoms with Crippen LogP contribution in [0.3, 0.4) is 0 Å². The lowest BCUT2D eigenvalue weighted by molar-refractivity contribution is 0.0696. The molecule has 0 aliphatic carbocycles. The summed E-state index contributed by atoms with van der Waals surface area (Å²) in [6, 6.07) is 13.9. The van der Waals surface area contributed by atoms with Crippen LogP contribution in [0.1, 0.15) is 15.9 Å². The van der Waals surface area contributed by atoms with Crippen molar-refractivity contribution in [3.05, 3.63) is 86.7 Å². The van der Waals surface area contributed by atoms with Crippen molar-refractivity contribution in [2.24, 2.45) is 0 Å². The van der Waals surface area contributed by atoms with E-state index in [1.54, 1.807) is 30.3 Å². The van der Waals surface area contributed by atoms with Gasteiger partial charge in [-0.05, 0) is 35.4 Å². The molecule has 0 atom stereocenters. The van der Waals surface area contributed by atoms with Gasteiger partial charge in [0.15, 0.2) is 0 Å². The molecule has 0 spiro atoms. The highest BCUT2D eigenvalue weighted by Crippen LogP contribution is 2.31. The van der Waals surface area contributed by atoms with Crippen LogP contribution in [-0.2, 0) is 6.54 Å². The van der Waals surface area contributed by atoms with Crippen LogP contribution in [0.15, 0.2) is 65.0 Å². The zero-order valence-electron chi connectivity index (χ0n) is 13.9. The molecule has 2 aromatic carbocycles. The molecule has 0 fully saturated rings. The maximum atomic E-state index is 13.1. The smallest absolute Gasteiger partial charge is 0.335 e. The lowest BCUT2D eigenvalue weighted by Crippen LogP contribution is -2.21. The molecule has 4 aromatic rings. The third-order valence-electron chi connectivity index (χ3n) is 4.24. The molecule has 0 bridgehead atoms. The predicted molar refractivity (Wildman–Crippen MR) is 107 cm³/mol. The van der Waals surface area contributed by atoms with E-state index in [0.717, 1.165) is 16.7 Å². The van der Waals surface area contributed by atoms with Crippen LogP contribution in [0.4, 0.5) is 0 Å². The molecule has 5 nitrogen and oxygen atoms in total. The normalized spacial score (nSPS) is 11.0. The molecule has 134 valence electrons. The highest BCUT2D eigenvalue weighted by molar-refractivity contribution is 7.17. The Kier molecular flexibility index (Phi) is 4.51. The van der Waals surface area contributed by atoms with Crippen molar-refractivity contribution >= 4 is 39.1 Å². The lowest BCUT2D eigenvalue weighted by atomic mass is 10.1. The number of nitrogens with zero attached hydrogens (tertiary/aromatic N) is 2. The lowest BCUT2D eigenvalue weighted by Gasteiger charge is -2.07. The Labute approximate surface area is 163 Å². The fourth-order valence-corrected chi connectivity index (χ4v) is 3.95. The van der Waals surface area contributed by atoms with Gasteiger partial charge in [0.05, 0.1) is 23.8 Å². The topological polar surface area (TPSA) is 72.2 Å². The molecule has 0 saturated carbocycles. The summed E-state index contributed by atoms with van der Waals surface area (Å²) in [4.78, 5) is 29.3. The second kappa shape index (κ2) is 6.98. The predicted octanol–water partition coefficient (Wildman–Crippen LogP) is 4.52. The van der Waals surface area contributed by atoms with E-state index >= 15 is 0 Å². The van der Waals surface area contributed by atoms with Crippen LogP contribution in [-0.4, -0.2) is 20.6 Å². The molecule has 0 amide bonds. The van der Waals surface area contributed by atoms with Gasteiger partial charge in [-0.25, -0.2) is 9.78 Å². The molecule has 0 unspecified atom stereocenters. The van der Waals surface area contributed by atoms with E-state index in [0.29, 0.717) is 15.2 Å². The third-order valence-corrected chi connectivity index (χ3v) is 5.38. The number of halogens is 1. The van der Waals surface area contributed by atoms with Crippen LogP contribution >= 0.6 is 22.9 Å². The summed E-state index contributed by atoms with van der Waals surface area (Å²) in [6.45, 7) is 0.249. The molecule has 27 heavy (non-hydrogen) atoms. The first kappa shape index (κ1) is 17.5. The number of carboxylic acid groups (broad SMARTS) is 1. The molecule has 0 aliphatic rings. The molecule has 7 heteroatoms. The van der Waals surface area contributed by atoms with Gasteiger partial charge in [-0.15, -0.1) is 11.3 Å². The number of aromatic nitrogens is 2. The average Bonchev–Trinajstić information content (AvgIpc) is 3.10. The van der Waals surface area contributed by atoms with Gasteiger partial charge in [-0.3, -0.25) is 9.36 Å². The standard InChI is InChI=1S/C20H13ClN2O3S/c21-15-6-4-13(5-7-15)16-10-27-18-17(16)19(24)23(11-22-18)9-12-2-1-3-14(8-12)20(25)26/h1-8,10-11H,9H2,(H,25,26). The number of benzene rings is 2. The van der Waals surface area contributed by atoms with E-state index in [9.17, 15) is 9.59 Å².